The molecule has 11 nitrogen and oxygen atoms in total. The Kier molecular flexibility index (Phi) is 5.36. The van der Waals surface area contributed by atoms with E-state index in [4.69, 9.17) is 0 Å². The van der Waals surface area contributed by atoms with Crippen molar-refractivity contribution in [1.29, 1.82) is 0 Å². The van der Waals surface area contributed by atoms with Crippen molar-refractivity contribution in [1.82, 2.24) is 34.0 Å². The van der Waals surface area contributed by atoms with Crippen LogP contribution in [0.2, 0.25) is 0 Å². The average molecular weight is 515 g/mol. The van der Waals surface area contributed by atoms with Gasteiger partial charge in [-0.25, -0.2) is 14.3 Å². The first kappa shape index (κ1) is 23.2. The van der Waals surface area contributed by atoms with E-state index in [-0.39, 0.29) is 23.9 Å². The number of nitrogens with zero attached hydrogens (tertiary/aromatic N) is 8. The Balaban J connectivity index is 1.10. The molecular weight excluding hydrogens is 484 g/mol. The van der Waals surface area contributed by atoms with Gasteiger partial charge in [0, 0.05) is 43.9 Å². The lowest BCUT2D eigenvalue weighted by atomic mass is 9.91. The van der Waals surface area contributed by atoms with Crippen molar-refractivity contribution in [2.75, 3.05) is 24.5 Å². The number of benzene rings is 1. The number of carbonyl (C=O) groups excluding carboxylic acids is 1. The van der Waals surface area contributed by atoms with E-state index >= 15 is 0 Å². The zero-order valence-electron chi connectivity index (χ0n) is 21.1. The van der Waals surface area contributed by atoms with Gasteiger partial charge in [0.05, 0.1) is 30.2 Å². The maximum atomic E-state index is 13.3. The first-order valence-corrected chi connectivity index (χ1v) is 13.3. The van der Waals surface area contributed by atoms with E-state index in [1.165, 1.54) is 10.9 Å². The van der Waals surface area contributed by atoms with Crippen LogP contribution in [0.5, 0.6) is 0 Å². The number of likely N-dealkylation sites (tertiary alicyclic amines) is 1. The van der Waals surface area contributed by atoms with E-state index in [0.29, 0.717) is 37.0 Å². The Bertz CT molecular complexity index is 1560. The first-order valence-electron chi connectivity index (χ1n) is 13.3. The lowest BCUT2D eigenvalue weighted by Gasteiger charge is -2.38. The fraction of sp³-hybridized carbons (Fsp3) is 0.444. The lowest BCUT2D eigenvalue weighted by molar-refractivity contribution is -0.137. The number of piperidine rings is 1. The molecule has 1 saturated heterocycles. The summed E-state index contributed by atoms with van der Waals surface area (Å²) in [5.41, 5.74) is 1.08. The van der Waals surface area contributed by atoms with Crippen molar-refractivity contribution in [3.05, 3.63) is 59.4 Å². The summed E-state index contributed by atoms with van der Waals surface area (Å²) in [5, 5.41) is 20.4. The maximum Gasteiger partial charge on any atom is 0.264 e. The number of hydrogen-bond acceptors (Lipinski definition) is 7. The minimum Gasteiger partial charge on any atom is -0.388 e. The van der Waals surface area contributed by atoms with E-state index in [1.807, 2.05) is 46.1 Å². The van der Waals surface area contributed by atoms with Crippen molar-refractivity contribution in [2.24, 2.45) is 5.92 Å². The van der Waals surface area contributed by atoms with Crippen LogP contribution in [-0.2, 0) is 17.9 Å². The normalized spacial score (nSPS) is 19.1. The summed E-state index contributed by atoms with van der Waals surface area (Å²) in [6.45, 7) is 3.04. The standard InChI is InChI=1S/C27H30N8O3/c36-25(19-2-3-19)31-14-9-27(38,10-15-31)17-32-18-28-24-22(26(32)37)16-30-35(24)21-6-4-20(5-7-21)33-12-1-13-34-23(33)8-11-29-34/h4-8,11,16,18-19,38H,1-3,9-10,12-15,17H2. The molecule has 2 fully saturated rings. The highest BCUT2D eigenvalue weighted by Gasteiger charge is 2.39. The SMILES string of the molecule is O=C(C1CC1)N1CCC(O)(Cn2cnc3c(cnn3-c3ccc(N4CCCn5nccc54)cc3)c2=O)CC1. The molecule has 1 saturated carbocycles. The largest absolute Gasteiger partial charge is 0.388 e. The summed E-state index contributed by atoms with van der Waals surface area (Å²) in [6, 6.07) is 10.1. The molecule has 1 amide bonds. The predicted molar refractivity (Wildman–Crippen MR) is 140 cm³/mol. The molecule has 38 heavy (non-hydrogen) atoms. The quantitative estimate of drug-likeness (QED) is 0.434. The Morgan fingerprint density at radius 1 is 1.00 bits per heavy atom. The molecule has 0 atom stereocenters. The summed E-state index contributed by atoms with van der Waals surface area (Å²) in [4.78, 5) is 34.3. The number of aliphatic hydroxyl groups is 1. The second-order valence-corrected chi connectivity index (χ2v) is 10.7. The molecule has 0 unspecified atom stereocenters. The fourth-order valence-corrected chi connectivity index (χ4v) is 5.71. The van der Waals surface area contributed by atoms with Gasteiger partial charge >= 0.3 is 0 Å². The van der Waals surface area contributed by atoms with Crippen LogP contribution < -0.4 is 10.5 Å². The Morgan fingerprint density at radius 2 is 1.76 bits per heavy atom. The summed E-state index contributed by atoms with van der Waals surface area (Å²) in [6.07, 6.45) is 8.73. The minimum absolute atomic E-state index is 0.145. The highest BCUT2D eigenvalue weighted by Crippen LogP contribution is 2.34. The topological polar surface area (TPSA) is 114 Å². The zero-order chi connectivity index (χ0) is 25.9. The number of aryl methyl sites for hydroxylation is 1. The number of aromatic nitrogens is 6. The van der Waals surface area contributed by atoms with Crippen LogP contribution in [0.1, 0.15) is 32.1 Å². The molecule has 5 heterocycles. The molecule has 7 rings (SSSR count). The van der Waals surface area contributed by atoms with Gasteiger partial charge in [-0.15, -0.1) is 0 Å². The molecule has 1 aliphatic carbocycles. The predicted octanol–water partition coefficient (Wildman–Crippen LogP) is 2.08. The third-order valence-corrected chi connectivity index (χ3v) is 8.08. The van der Waals surface area contributed by atoms with Gasteiger partial charge < -0.3 is 14.9 Å². The summed E-state index contributed by atoms with van der Waals surface area (Å²) in [5.74, 6) is 1.46. The highest BCUT2D eigenvalue weighted by atomic mass is 16.3. The Labute approximate surface area is 218 Å². The molecule has 2 aliphatic heterocycles. The van der Waals surface area contributed by atoms with Gasteiger partial charge in [0.25, 0.3) is 5.56 Å². The third kappa shape index (κ3) is 3.97. The molecule has 1 aromatic carbocycles. The van der Waals surface area contributed by atoms with Crippen LogP contribution in [0.4, 0.5) is 11.5 Å². The summed E-state index contributed by atoms with van der Waals surface area (Å²) < 4.78 is 5.15. The maximum absolute atomic E-state index is 13.3. The van der Waals surface area contributed by atoms with E-state index in [1.54, 1.807) is 10.9 Å². The van der Waals surface area contributed by atoms with Gasteiger partial charge in [0.2, 0.25) is 5.91 Å². The van der Waals surface area contributed by atoms with E-state index in [2.05, 4.69) is 20.1 Å². The molecule has 11 heteroatoms. The first-order chi connectivity index (χ1) is 18.5. The van der Waals surface area contributed by atoms with Gasteiger partial charge in [-0.3, -0.25) is 14.2 Å². The zero-order valence-corrected chi connectivity index (χ0v) is 21.1. The lowest BCUT2D eigenvalue weighted by Crippen LogP contribution is -2.50. The van der Waals surface area contributed by atoms with Crippen molar-refractivity contribution in [2.45, 2.75) is 50.8 Å². The smallest absolute Gasteiger partial charge is 0.264 e. The van der Waals surface area contributed by atoms with Gasteiger partial charge in [0.1, 0.15) is 17.5 Å². The molecule has 0 spiro atoms. The molecular formula is C27H30N8O3. The second-order valence-electron chi connectivity index (χ2n) is 10.7. The number of amides is 1. The molecule has 3 aromatic heterocycles. The summed E-state index contributed by atoms with van der Waals surface area (Å²) >= 11 is 0. The molecule has 1 N–H and O–H groups in total. The number of fused-ring (bicyclic) bond motifs is 2. The van der Waals surface area contributed by atoms with Crippen molar-refractivity contribution >= 4 is 28.4 Å². The average Bonchev–Trinajstić information content (AvgIpc) is 3.51. The molecule has 0 radical (unpaired) electrons. The summed E-state index contributed by atoms with van der Waals surface area (Å²) in [7, 11) is 0. The van der Waals surface area contributed by atoms with Crippen molar-refractivity contribution < 1.29 is 9.90 Å². The van der Waals surface area contributed by atoms with Gasteiger partial charge in [0.15, 0.2) is 5.65 Å². The van der Waals surface area contributed by atoms with Crippen LogP contribution >= 0.6 is 0 Å². The molecule has 0 bridgehead atoms. The van der Waals surface area contributed by atoms with Gasteiger partial charge in [-0.2, -0.15) is 10.2 Å². The van der Waals surface area contributed by atoms with Crippen molar-refractivity contribution in [3.8, 4) is 5.69 Å². The Morgan fingerprint density at radius 3 is 2.53 bits per heavy atom. The van der Waals surface area contributed by atoms with Gasteiger partial charge in [-0.1, -0.05) is 0 Å². The fourth-order valence-electron chi connectivity index (χ4n) is 5.71. The number of hydrogen-bond donors (Lipinski definition) is 1. The minimum atomic E-state index is -1.05. The Hall–Kier alpha value is -3.99. The monoisotopic (exact) mass is 514 g/mol. The third-order valence-electron chi connectivity index (χ3n) is 8.08. The number of rotatable bonds is 5. The van der Waals surface area contributed by atoms with Crippen LogP contribution in [-0.4, -0.2) is 70.3 Å². The number of carbonyl (C=O) groups is 1. The number of anilines is 2. The molecule has 4 aromatic rings. The van der Waals surface area contributed by atoms with E-state index < -0.39 is 5.60 Å². The molecule has 3 aliphatic rings. The van der Waals surface area contributed by atoms with Crippen molar-refractivity contribution in [3.63, 3.8) is 0 Å². The van der Waals surface area contributed by atoms with Crippen LogP contribution in [0.3, 0.4) is 0 Å². The molecule has 196 valence electrons. The second kappa shape index (κ2) is 8.80. The van der Waals surface area contributed by atoms with Crippen LogP contribution in [0, 0.1) is 5.92 Å². The van der Waals surface area contributed by atoms with E-state index in [0.717, 1.165) is 49.5 Å². The van der Waals surface area contributed by atoms with E-state index in [9.17, 15) is 14.7 Å². The van der Waals surface area contributed by atoms with Crippen LogP contribution in [0.25, 0.3) is 16.7 Å². The van der Waals surface area contributed by atoms with Crippen LogP contribution in [0.15, 0.2) is 53.8 Å². The highest BCUT2D eigenvalue weighted by molar-refractivity contribution is 5.81. The van der Waals surface area contributed by atoms with Gasteiger partial charge in [-0.05, 0) is 56.4 Å².